The molecule has 7 heteroatoms. The van der Waals surface area contributed by atoms with E-state index in [1.807, 2.05) is 61.5 Å². The van der Waals surface area contributed by atoms with Gasteiger partial charge in [-0.1, -0.05) is 48.0 Å². The average molecular weight is 415 g/mol. The molecule has 0 saturated carbocycles. The molecule has 0 spiro atoms. The van der Waals surface area contributed by atoms with E-state index in [-0.39, 0.29) is 10.8 Å². The summed E-state index contributed by atoms with van der Waals surface area (Å²) in [5, 5.41) is 4.30. The number of thiophene rings is 1. The Morgan fingerprint density at radius 1 is 1.07 bits per heavy atom. The second-order valence-corrected chi connectivity index (χ2v) is 9.49. The van der Waals surface area contributed by atoms with Crippen molar-refractivity contribution in [1.82, 2.24) is 4.31 Å². The Hall–Kier alpha value is -2.48. The van der Waals surface area contributed by atoms with Gasteiger partial charge in [-0.15, -0.1) is 11.3 Å². The number of sulfonamides is 1. The van der Waals surface area contributed by atoms with E-state index >= 15 is 0 Å². The van der Waals surface area contributed by atoms with Crippen molar-refractivity contribution in [2.75, 3.05) is 18.9 Å². The molecule has 28 heavy (non-hydrogen) atoms. The van der Waals surface area contributed by atoms with E-state index in [0.29, 0.717) is 23.5 Å². The number of hydrogen-bond acceptors (Lipinski definition) is 4. The minimum absolute atomic E-state index is 0.141. The van der Waals surface area contributed by atoms with Crippen LogP contribution in [-0.2, 0) is 16.4 Å². The maximum Gasteiger partial charge on any atom is 0.265 e. The number of benzene rings is 2. The average Bonchev–Trinajstić information content (AvgIpc) is 3.20. The Labute approximate surface area is 169 Å². The van der Waals surface area contributed by atoms with Crippen LogP contribution < -0.4 is 5.32 Å². The van der Waals surface area contributed by atoms with E-state index < -0.39 is 10.0 Å². The predicted octanol–water partition coefficient (Wildman–Crippen LogP) is 4.17. The minimum Gasteiger partial charge on any atom is -0.321 e. The molecule has 0 atom stereocenters. The van der Waals surface area contributed by atoms with Crippen LogP contribution in [0.5, 0.6) is 0 Å². The van der Waals surface area contributed by atoms with E-state index in [2.05, 4.69) is 5.32 Å². The van der Waals surface area contributed by atoms with Crippen molar-refractivity contribution in [3.63, 3.8) is 0 Å². The lowest BCUT2D eigenvalue weighted by molar-refractivity contribution is 0.103. The minimum atomic E-state index is -3.64. The summed E-state index contributed by atoms with van der Waals surface area (Å²) in [5.74, 6) is -0.317. The number of carbonyl (C=O) groups is 1. The van der Waals surface area contributed by atoms with E-state index in [1.165, 1.54) is 15.8 Å². The van der Waals surface area contributed by atoms with Crippen molar-refractivity contribution >= 4 is 33.0 Å². The molecule has 146 valence electrons. The van der Waals surface area contributed by atoms with Crippen LogP contribution in [0.1, 0.15) is 20.8 Å². The van der Waals surface area contributed by atoms with Crippen molar-refractivity contribution in [2.24, 2.45) is 0 Å². The Morgan fingerprint density at radius 3 is 2.43 bits per heavy atom. The monoisotopic (exact) mass is 414 g/mol. The predicted molar refractivity (Wildman–Crippen MR) is 113 cm³/mol. The van der Waals surface area contributed by atoms with Gasteiger partial charge in [-0.05, 0) is 37.1 Å². The second kappa shape index (κ2) is 8.68. The molecule has 1 heterocycles. The number of anilines is 1. The fourth-order valence-corrected chi connectivity index (χ4v) is 4.96. The van der Waals surface area contributed by atoms with Gasteiger partial charge in [0, 0.05) is 24.7 Å². The first kappa shape index (κ1) is 20.3. The highest BCUT2D eigenvalue weighted by Crippen LogP contribution is 2.23. The third-order valence-electron chi connectivity index (χ3n) is 4.38. The SMILES string of the molecule is Cc1ccc(NC(=O)c2cc(S(=O)(=O)N(C)CCc3ccccc3)cs2)cc1. The summed E-state index contributed by atoms with van der Waals surface area (Å²) in [6, 6.07) is 18.6. The number of amides is 1. The third-order valence-corrected chi connectivity index (χ3v) is 7.29. The van der Waals surface area contributed by atoms with Crippen molar-refractivity contribution < 1.29 is 13.2 Å². The molecule has 0 aliphatic rings. The number of carbonyl (C=O) groups excluding carboxylic acids is 1. The maximum absolute atomic E-state index is 12.8. The van der Waals surface area contributed by atoms with E-state index in [4.69, 9.17) is 0 Å². The van der Waals surface area contributed by atoms with Crippen LogP contribution in [0.3, 0.4) is 0 Å². The number of likely N-dealkylation sites (N-methyl/N-ethyl adjacent to an activating group) is 1. The topological polar surface area (TPSA) is 66.5 Å². The summed E-state index contributed by atoms with van der Waals surface area (Å²) in [4.78, 5) is 12.9. The molecule has 5 nitrogen and oxygen atoms in total. The van der Waals surface area contributed by atoms with Crippen molar-refractivity contribution in [2.45, 2.75) is 18.2 Å². The van der Waals surface area contributed by atoms with Gasteiger partial charge in [0.2, 0.25) is 10.0 Å². The van der Waals surface area contributed by atoms with Gasteiger partial charge in [-0.3, -0.25) is 4.79 Å². The van der Waals surface area contributed by atoms with Gasteiger partial charge in [-0.25, -0.2) is 12.7 Å². The fourth-order valence-electron chi connectivity index (χ4n) is 2.63. The summed E-state index contributed by atoms with van der Waals surface area (Å²) < 4.78 is 26.9. The van der Waals surface area contributed by atoms with E-state index in [1.54, 1.807) is 7.05 Å². The molecule has 0 fully saturated rings. The molecule has 3 aromatic rings. The van der Waals surface area contributed by atoms with Crippen LogP contribution in [0.2, 0.25) is 0 Å². The first-order valence-corrected chi connectivity index (χ1v) is 11.1. The molecule has 0 radical (unpaired) electrons. The first-order valence-electron chi connectivity index (χ1n) is 8.83. The largest absolute Gasteiger partial charge is 0.321 e. The lowest BCUT2D eigenvalue weighted by atomic mass is 10.2. The van der Waals surface area contributed by atoms with Gasteiger partial charge in [-0.2, -0.15) is 0 Å². The molecule has 0 unspecified atom stereocenters. The lowest BCUT2D eigenvalue weighted by Gasteiger charge is -2.16. The molecular formula is C21H22N2O3S2. The van der Waals surface area contributed by atoms with Gasteiger partial charge < -0.3 is 5.32 Å². The summed E-state index contributed by atoms with van der Waals surface area (Å²) in [6.45, 7) is 2.34. The van der Waals surface area contributed by atoms with E-state index in [9.17, 15) is 13.2 Å². The molecular weight excluding hydrogens is 392 g/mol. The van der Waals surface area contributed by atoms with E-state index in [0.717, 1.165) is 22.5 Å². The maximum atomic E-state index is 12.8. The zero-order valence-electron chi connectivity index (χ0n) is 15.8. The summed E-state index contributed by atoms with van der Waals surface area (Å²) in [5.41, 5.74) is 2.85. The van der Waals surface area contributed by atoms with Gasteiger partial charge in [0.05, 0.1) is 9.77 Å². The first-order chi connectivity index (χ1) is 13.4. The summed E-state index contributed by atoms with van der Waals surface area (Å²) >= 11 is 1.12. The number of nitrogens with one attached hydrogen (secondary N) is 1. The highest BCUT2D eigenvalue weighted by atomic mass is 32.2. The fraction of sp³-hybridized carbons (Fsp3) is 0.190. The van der Waals surface area contributed by atoms with Crippen LogP contribution in [0.25, 0.3) is 0 Å². The normalized spacial score (nSPS) is 11.5. The Bertz CT molecular complexity index is 1040. The number of hydrogen-bond donors (Lipinski definition) is 1. The standard InChI is InChI=1S/C21H22N2O3S2/c1-16-8-10-18(11-9-16)22-21(24)20-14-19(15-27-20)28(25,26)23(2)13-12-17-6-4-3-5-7-17/h3-11,14-15H,12-13H2,1-2H3,(H,22,24). The highest BCUT2D eigenvalue weighted by molar-refractivity contribution is 7.89. The van der Waals surface area contributed by atoms with Crippen molar-refractivity contribution in [3.8, 4) is 0 Å². The molecule has 1 aromatic heterocycles. The molecule has 1 amide bonds. The number of rotatable bonds is 7. The lowest BCUT2D eigenvalue weighted by Crippen LogP contribution is -2.28. The van der Waals surface area contributed by atoms with Gasteiger partial charge in [0.1, 0.15) is 0 Å². The number of aryl methyl sites for hydroxylation is 1. The van der Waals surface area contributed by atoms with Crippen LogP contribution >= 0.6 is 11.3 Å². The zero-order chi connectivity index (χ0) is 20.1. The molecule has 0 aliphatic heterocycles. The Kier molecular flexibility index (Phi) is 6.28. The third kappa shape index (κ3) is 4.86. The molecule has 0 saturated heterocycles. The number of nitrogens with zero attached hydrogens (tertiary/aromatic N) is 1. The van der Waals surface area contributed by atoms with Gasteiger partial charge in [0.25, 0.3) is 5.91 Å². The Morgan fingerprint density at radius 2 is 1.75 bits per heavy atom. The summed E-state index contributed by atoms with van der Waals surface area (Å²) in [7, 11) is -2.08. The molecule has 0 bridgehead atoms. The van der Waals surface area contributed by atoms with Gasteiger partial charge >= 0.3 is 0 Å². The van der Waals surface area contributed by atoms with Crippen LogP contribution in [0, 0.1) is 6.92 Å². The Balaban J connectivity index is 1.67. The molecule has 0 aliphatic carbocycles. The molecule has 1 N–H and O–H groups in total. The van der Waals surface area contributed by atoms with Crippen LogP contribution in [0.4, 0.5) is 5.69 Å². The molecule has 2 aromatic carbocycles. The van der Waals surface area contributed by atoms with Crippen LogP contribution in [0.15, 0.2) is 70.9 Å². The smallest absolute Gasteiger partial charge is 0.265 e. The molecule has 3 rings (SSSR count). The van der Waals surface area contributed by atoms with Crippen LogP contribution in [-0.4, -0.2) is 32.2 Å². The zero-order valence-corrected chi connectivity index (χ0v) is 17.4. The summed E-state index contributed by atoms with van der Waals surface area (Å²) in [6.07, 6.45) is 0.626. The van der Waals surface area contributed by atoms with Crippen molar-refractivity contribution in [3.05, 3.63) is 82.0 Å². The van der Waals surface area contributed by atoms with Gasteiger partial charge in [0.15, 0.2) is 0 Å². The van der Waals surface area contributed by atoms with Crippen molar-refractivity contribution in [1.29, 1.82) is 0 Å². The second-order valence-electron chi connectivity index (χ2n) is 6.53. The highest BCUT2D eigenvalue weighted by Gasteiger charge is 2.23. The quantitative estimate of drug-likeness (QED) is 0.631.